The van der Waals surface area contributed by atoms with Crippen LogP contribution in [0.5, 0.6) is 0 Å². The first-order valence-corrected chi connectivity index (χ1v) is 12.2. The minimum absolute atomic E-state index is 0.00287. The third-order valence-corrected chi connectivity index (χ3v) is 6.85. The molecule has 3 heterocycles. The third kappa shape index (κ3) is 5.41. The molecule has 0 saturated carbocycles. The van der Waals surface area contributed by atoms with E-state index >= 15 is 0 Å². The zero-order valence-corrected chi connectivity index (χ0v) is 18.5. The zero-order valence-electron chi connectivity index (χ0n) is 17.7. The minimum atomic E-state index is -3.42. The molecule has 166 valence electrons. The Bertz CT molecular complexity index is 998. The first-order chi connectivity index (χ1) is 14.9. The van der Waals surface area contributed by atoms with Gasteiger partial charge in [-0.05, 0) is 24.6 Å². The molecule has 1 saturated heterocycles. The number of morpholine rings is 1. The molecule has 3 aliphatic heterocycles. The second-order valence-corrected chi connectivity index (χ2v) is 9.78. The molecule has 8 nitrogen and oxygen atoms in total. The molecule has 0 spiro atoms. The molecule has 1 amide bonds. The summed E-state index contributed by atoms with van der Waals surface area (Å²) >= 11 is 0. The summed E-state index contributed by atoms with van der Waals surface area (Å²) in [7, 11) is -3.42. The number of amidine groups is 1. The molecular weight excluding hydrogens is 416 g/mol. The molecule has 1 atom stereocenters. The molecule has 0 N–H and O–H groups in total. The normalized spacial score (nSPS) is 21.6. The molecule has 4 rings (SSSR count). The van der Waals surface area contributed by atoms with E-state index in [-0.39, 0.29) is 17.7 Å². The van der Waals surface area contributed by atoms with Crippen molar-refractivity contribution in [2.24, 2.45) is 4.40 Å². The van der Waals surface area contributed by atoms with E-state index in [0.29, 0.717) is 37.7 Å². The van der Waals surface area contributed by atoms with Gasteiger partial charge >= 0.3 is 0 Å². The highest BCUT2D eigenvalue weighted by molar-refractivity contribution is 7.90. The number of rotatable bonds is 6. The summed E-state index contributed by atoms with van der Waals surface area (Å²) in [4.78, 5) is 19.5. The van der Waals surface area contributed by atoms with Gasteiger partial charge in [-0.2, -0.15) is 0 Å². The minimum Gasteiger partial charge on any atom is -0.379 e. The molecule has 0 radical (unpaired) electrons. The number of fused-ring (bicyclic) bond motifs is 1. The zero-order chi connectivity index (χ0) is 21.8. The van der Waals surface area contributed by atoms with Crippen molar-refractivity contribution in [3.8, 4) is 0 Å². The number of amides is 1. The highest BCUT2D eigenvalue weighted by Crippen LogP contribution is 2.20. The number of hydrogen-bond donors (Lipinski definition) is 0. The maximum atomic E-state index is 13.6. The van der Waals surface area contributed by atoms with Crippen LogP contribution >= 0.6 is 0 Å². The number of sulfonamides is 1. The highest BCUT2D eigenvalue weighted by atomic mass is 32.2. The summed E-state index contributed by atoms with van der Waals surface area (Å²) in [6.07, 6.45) is 4.99. The fourth-order valence-electron chi connectivity index (χ4n) is 3.96. The van der Waals surface area contributed by atoms with Gasteiger partial charge in [-0.25, -0.2) is 8.42 Å². The van der Waals surface area contributed by atoms with E-state index in [2.05, 4.69) is 16.2 Å². The predicted octanol–water partition coefficient (Wildman–Crippen LogP) is 1.23. The van der Waals surface area contributed by atoms with Crippen molar-refractivity contribution < 1.29 is 17.9 Å². The van der Waals surface area contributed by atoms with Crippen molar-refractivity contribution in [1.29, 1.82) is 0 Å². The average Bonchev–Trinajstić information content (AvgIpc) is 2.77. The van der Waals surface area contributed by atoms with Crippen LogP contribution in [0.3, 0.4) is 0 Å². The summed E-state index contributed by atoms with van der Waals surface area (Å²) in [5.74, 6) is 0.232. The molecule has 1 fully saturated rings. The maximum Gasteiger partial charge on any atom is 0.256 e. The van der Waals surface area contributed by atoms with Gasteiger partial charge in [0.1, 0.15) is 5.84 Å². The third-order valence-electron chi connectivity index (χ3n) is 5.69. The van der Waals surface area contributed by atoms with Crippen LogP contribution in [0.15, 0.2) is 58.7 Å². The van der Waals surface area contributed by atoms with Crippen molar-refractivity contribution in [3.63, 3.8) is 0 Å². The lowest BCUT2D eigenvalue weighted by Gasteiger charge is -2.36. The molecule has 0 aliphatic carbocycles. The van der Waals surface area contributed by atoms with Crippen LogP contribution in [0.2, 0.25) is 0 Å². The van der Waals surface area contributed by atoms with Gasteiger partial charge in [0.15, 0.2) is 0 Å². The highest BCUT2D eigenvalue weighted by Gasteiger charge is 2.29. The number of ether oxygens (including phenoxy) is 1. The van der Waals surface area contributed by atoms with Gasteiger partial charge in [0.2, 0.25) is 0 Å². The van der Waals surface area contributed by atoms with Crippen LogP contribution in [0, 0.1) is 0 Å². The lowest BCUT2D eigenvalue weighted by molar-refractivity contribution is -0.130. The Morgan fingerprint density at radius 1 is 1.16 bits per heavy atom. The standard InChI is InChI=1S/C22H28N4O4S/c1-18(15-24-9-12-30-13-10-24)26(16-19-5-3-2-4-6-19)22(27)20-7-8-21-23-31(28,29)14-11-25(21)17-20/h2-8,17-18H,9-16H2,1H3. The van der Waals surface area contributed by atoms with E-state index in [1.54, 1.807) is 23.3 Å². The lowest BCUT2D eigenvalue weighted by atomic mass is 10.1. The van der Waals surface area contributed by atoms with Crippen molar-refractivity contribution in [3.05, 3.63) is 59.8 Å². The molecule has 3 aliphatic rings. The van der Waals surface area contributed by atoms with Crippen molar-refractivity contribution >= 4 is 21.8 Å². The maximum absolute atomic E-state index is 13.6. The molecule has 0 bridgehead atoms. The van der Waals surface area contributed by atoms with Crippen LogP contribution < -0.4 is 0 Å². The van der Waals surface area contributed by atoms with Gasteiger partial charge in [0.05, 0.1) is 24.5 Å². The topological polar surface area (TPSA) is 82.5 Å². The molecule has 31 heavy (non-hydrogen) atoms. The summed E-state index contributed by atoms with van der Waals surface area (Å²) < 4.78 is 32.7. The van der Waals surface area contributed by atoms with Crippen molar-refractivity contribution in [1.82, 2.24) is 14.7 Å². The largest absolute Gasteiger partial charge is 0.379 e. The number of carbonyl (C=O) groups excluding carboxylic acids is 1. The summed E-state index contributed by atoms with van der Waals surface area (Å²) in [5, 5.41) is 0. The Kier molecular flexibility index (Phi) is 6.54. The SMILES string of the molecule is CC(CN1CCOCC1)N(Cc1ccccc1)C(=O)C1=CN2CCS(=O)(=O)N=C2C=C1. The quantitative estimate of drug-likeness (QED) is 0.657. The number of benzene rings is 1. The predicted molar refractivity (Wildman–Crippen MR) is 119 cm³/mol. The second-order valence-electron chi connectivity index (χ2n) is 8.03. The molecule has 9 heteroatoms. The summed E-state index contributed by atoms with van der Waals surface area (Å²) in [6, 6.07) is 9.95. The number of hydrogen-bond acceptors (Lipinski definition) is 6. The van der Waals surface area contributed by atoms with Crippen LogP contribution in [0.4, 0.5) is 0 Å². The summed E-state index contributed by atoms with van der Waals surface area (Å²) in [6.45, 7) is 6.80. The Labute approximate surface area is 183 Å². The molecule has 1 unspecified atom stereocenters. The van der Waals surface area contributed by atoms with Crippen LogP contribution in [0.1, 0.15) is 12.5 Å². The van der Waals surface area contributed by atoms with E-state index in [1.807, 2.05) is 35.2 Å². The monoisotopic (exact) mass is 444 g/mol. The smallest absolute Gasteiger partial charge is 0.256 e. The molecule has 0 aromatic heterocycles. The molecule has 1 aromatic rings. The van der Waals surface area contributed by atoms with E-state index in [1.165, 1.54) is 0 Å². The van der Waals surface area contributed by atoms with E-state index < -0.39 is 10.0 Å². The number of carbonyl (C=O) groups is 1. The molecular formula is C22H28N4O4S. The fourth-order valence-corrected chi connectivity index (χ4v) is 4.93. The Morgan fingerprint density at radius 3 is 2.65 bits per heavy atom. The Balaban J connectivity index is 1.55. The first-order valence-electron chi connectivity index (χ1n) is 10.6. The molecule has 1 aromatic carbocycles. The van der Waals surface area contributed by atoms with E-state index in [9.17, 15) is 13.2 Å². The van der Waals surface area contributed by atoms with E-state index in [0.717, 1.165) is 25.2 Å². The Hall–Kier alpha value is -2.49. The van der Waals surface area contributed by atoms with Crippen LogP contribution in [-0.2, 0) is 26.1 Å². The first kappa shape index (κ1) is 21.7. The Morgan fingerprint density at radius 2 is 1.90 bits per heavy atom. The van der Waals surface area contributed by atoms with Crippen LogP contribution in [0.25, 0.3) is 0 Å². The van der Waals surface area contributed by atoms with Gasteiger partial charge in [0, 0.05) is 45.0 Å². The van der Waals surface area contributed by atoms with Gasteiger partial charge in [-0.1, -0.05) is 30.3 Å². The van der Waals surface area contributed by atoms with Gasteiger partial charge in [0.25, 0.3) is 15.9 Å². The summed E-state index contributed by atoms with van der Waals surface area (Å²) in [5.41, 5.74) is 1.60. The van der Waals surface area contributed by atoms with E-state index in [4.69, 9.17) is 4.74 Å². The van der Waals surface area contributed by atoms with Gasteiger partial charge < -0.3 is 14.5 Å². The van der Waals surface area contributed by atoms with Gasteiger partial charge in [-0.3, -0.25) is 9.69 Å². The second kappa shape index (κ2) is 9.33. The van der Waals surface area contributed by atoms with Crippen LogP contribution in [-0.4, -0.2) is 86.0 Å². The number of nitrogens with zero attached hydrogens (tertiary/aromatic N) is 4. The van der Waals surface area contributed by atoms with Crippen molar-refractivity contribution in [2.75, 3.05) is 45.1 Å². The lowest BCUT2D eigenvalue weighted by Crippen LogP contribution is -2.48. The average molecular weight is 445 g/mol. The fraction of sp³-hybridized carbons (Fsp3) is 0.455. The van der Waals surface area contributed by atoms with Crippen molar-refractivity contribution in [2.45, 2.75) is 19.5 Å². The van der Waals surface area contributed by atoms with Gasteiger partial charge in [-0.15, -0.1) is 4.40 Å².